The molecule has 2 aromatic heterocycles. The second kappa shape index (κ2) is 10.9. The average Bonchev–Trinajstić information content (AvgIpc) is 3.21. The molecular weight excluding hydrogens is 525 g/mol. The van der Waals surface area contributed by atoms with Crippen molar-refractivity contribution in [1.29, 1.82) is 0 Å². The number of carbonyl (C=O) groups excluding carboxylic acids is 1. The number of nitrogens with zero attached hydrogens (tertiary/aromatic N) is 3. The molecule has 0 aliphatic carbocycles. The Balaban J connectivity index is 2.00. The van der Waals surface area contributed by atoms with Gasteiger partial charge in [0, 0.05) is 37.6 Å². The summed E-state index contributed by atoms with van der Waals surface area (Å²) in [7, 11) is -1.39. The molecule has 12 heteroatoms. The number of hydrogen-bond acceptors (Lipinski definition) is 7. The number of anilines is 2. The van der Waals surface area contributed by atoms with Crippen LogP contribution in [0.1, 0.15) is 23.6 Å². The predicted octanol–water partition coefficient (Wildman–Crippen LogP) is 4.11. The number of nitrogens with two attached hydrogens (primary N) is 1. The van der Waals surface area contributed by atoms with Crippen molar-refractivity contribution >= 4 is 33.4 Å². The molecule has 2 aromatic carbocycles. The van der Waals surface area contributed by atoms with E-state index in [9.17, 15) is 17.6 Å². The number of aromatic nitrogens is 2. The zero-order valence-corrected chi connectivity index (χ0v) is 23.1. The van der Waals surface area contributed by atoms with Gasteiger partial charge < -0.3 is 20.0 Å². The standard InChI is InChI=1S/C27H30FN5O5S/c1-6-18-12-20(38-39(35,36)32(4)5)13-21(37-15-22(29)34)24(18)26-27(31-25-16(2)8-7-9-17(25)3)33-14-19(28)10-11-23(33)30-26/h7-14,31H,6,15H2,1-5H3,(H2,29,34). The van der Waals surface area contributed by atoms with Gasteiger partial charge >= 0.3 is 10.3 Å². The van der Waals surface area contributed by atoms with E-state index in [0.29, 0.717) is 34.7 Å². The summed E-state index contributed by atoms with van der Waals surface area (Å²) in [5, 5.41) is 3.42. The van der Waals surface area contributed by atoms with Crippen LogP contribution in [0.4, 0.5) is 15.9 Å². The number of nitrogens with one attached hydrogen (secondary N) is 1. The number of fused-ring (bicyclic) bond motifs is 1. The summed E-state index contributed by atoms with van der Waals surface area (Å²) in [5.74, 6) is -0.616. The third-order valence-electron chi connectivity index (χ3n) is 6.10. The van der Waals surface area contributed by atoms with Crippen molar-refractivity contribution in [2.75, 3.05) is 26.0 Å². The monoisotopic (exact) mass is 555 g/mol. The van der Waals surface area contributed by atoms with Gasteiger partial charge in [0.15, 0.2) is 6.61 Å². The Labute approximate surface area is 226 Å². The molecule has 0 unspecified atom stereocenters. The van der Waals surface area contributed by atoms with Gasteiger partial charge in [-0.2, -0.15) is 12.7 Å². The van der Waals surface area contributed by atoms with Gasteiger partial charge in [-0.1, -0.05) is 25.1 Å². The van der Waals surface area contributed by atoms with Crippen LogP contribution in [0.15, 0.2) is 48.7 Å². The van der Waals surface area contributed by atoms with Crippen molar-refractivity contribution < 1.29 is 26.5 Å². The summed E-state index contributed by atoms with van der Waals surface area (Å²) in [6.07, 6.45) is 1.74. The first kappa shape index (κ1) is 27.9. The van der Waals surface area contributed by atoms with Crippen molar-refractivity contribution in [3.63, 3.8) is 0 Å². The molecule has 0 bridgehead atoms. The molecule has 0 aliphatic rings. The van der Waals surface area contributed by atoms with Gasteiger partial charge in [-0.15, -0.1) is 0 Å². The van der Waals surface area contributed by atoms with Crippen molar-refractivity contribution in [3.8, 4) is 22.8 Å². The van der Waals surface area contributed by atoms with Gasteiger partial charge in [0.25, 0.3) is 5.91 Å². The highest BCUT2D eigenvalue weighted by Crippen LogP contribution is 2.42. The Morgan fingerprint density at radius 3 is 2.46 bits per heavy atom. The number of para-hydroxylation sites is 1. The van der Waals surface area contributed by atoms with Gasteiger partial charge in [0.05, 0.1) is 0 Å². The molecule has 0 spiro atoms. The van der Waals surface area contributed by atoms with Gasteiger partial charge in [0.2, 0.25) is 0 Å². The number of pyridine rings is 1. The van der Waals surface area contributed by atoms with Crippen molar-refractivity contribution in [2.24, 2.45) is 5.73 Å². The van der Waals surface area contributed by atoms with E-state index in [1.165, 1.54) is 32.4 Å². The zero-order valence-electron chi connectivity index (χ0n) is 22.3. The maximum atomic E-state index is 14.4. The highest BCUT2D eigenvalue weighted by molar-refractivity contribution is 7.84. The van der Waals surface area contributed by atoms with E-state index in [-0.39, 0.29) is 11.5 Å². The summed E-state index contributed by atoms with van der Waals surface area (Å²) in [5.41, 5.74) is 10.1. The van der Waals surface area contributed by atoms with Crippen LogP contribution >= 0.6 is 0 Å². The van der Waals surface area contributed by atoms with Gasteiger partial charge in [-0.05, 0) is 55.2 Å². The molecule has 0 fully saturated rings. The van der Waals surface area contributed by atoms with E-state index in [2.05, 4.69) is 5.32 Å². The summed E-state index contributed by atoms with van der Waals surface area (Å²) in [6.45, 7) is 5.31. The fraction of sp³-hybridized carbons (Fsp3) is 0.259. The quantitative estimate of drug-likeness (QED) is 0.301. The molecule has 4 aromatic rings. The number of carbonyl (C=O) groups is 1. The Morgan fingerprint density at radius 1 is 1.15 bits per heavy atom. The maximum absolute atomic E-state index is 14.4. The van der Waals surface area contributed by atoms with Crippen LogP contribution in [0, 0.1) is 19.7 Å². The van der Waals surface area contributed by atoms with Crippen LogP contribution < -0.4 is 20.0 Å². The number of amides is 1. The van der Waals surface area contributed by atoms with E-state index < -0.39 is 28.6 Å². The Bertz CT molecular complexity index is 1650. The number of rotatable bonds is 10. The van der Waals surface area contributed by atoms with Crippen molar-refractivity contribution in [2.45, 2.75) is 27.2 Å². The van der Waals surface area contributed by atoms with Crippen LogP contribution in [-0.2, 0) is 21.5 Å². The minimum atomic E-state index is -4.07. The van der Waals surface area contributed by atoms with E-state index >= 15 is 0 Å². The summed E-state index contributed by atoms with van der Waals surface area (Å²) in [6, 6.07) is 11.6. The zero-order chi connectivity index (χ0) is 28.5. The number of imidazole rings is 1. The molecular formula is C27H30FN5O5S. The number of aryl methyl sites for hydroxylation is 3. The summed E-state index contributed by atoms with van der Waals surface area (Å²) >= 11 is 0. The highest BCUT2D eigenvalue weighted by Gasteiger charge is 2.25. The SMILES string of the molecule is CCc1cc(OS(=O)(=O)N(C)C)cc(OCC(N)=O)c1-c1nc2ccc(F)cn2c1Nc1c(C)cccc1C. The Hall–Kier alpha value is -4.16. The Kier molecular flexibility index (Phi) is 7.79. The predicted molar refractivity (Wildman–Crippen MR) is 147 cm³/mol. The van der Waals surface area contributed by atoms with Crippen molar-refractivity contribution in [3.05, 3.63) is 71.2 Å². The lowest BCUT2D eigenvalue weighted by Crippen LogP contribution is -2.27. The molecule has 3 N–H and O–H groups in total. The smallest absolute Gasteiger partial charge is 0.384 e. The largest absolute Gasteiger partial charge is 0.483 e. The number of halogens is 1. The van der Waals surface area contributed by atoms with Crippen LogP contribution in [0.25, 0.3) is 16.9 Å². The second-order valence-corrected chi connectivity index (χ2v) is 10.9. The molecule has 39 heavy (non-hydrogen) atoms. The molecule has 2 heterocycles. The molecule has 206 valence electrons. The topological polar surface area (TPSA) is 128 Å². The third-order valence-corrected chi connectivity index (χ3v) is 7.40. The van der Waals surface area contributed by atoms with Gasteiger partial charge in [-0.3, -0.25) is 9.20 Å². The molecule has 1 amide bonds. The van der Waals surface area contributed by atoms with Crippen LogP contribution in [0.5, 0.6) is 11.5 Å². The normalized spacial score (nSPS) is 11.7. The van der Waals surface area contributed by atoms with E-state index in [0.717, 1.165) is 21.1 Å². The number of benzene rings is 2. The molecule has 0 radical (unpaired) electrons. The molecule has 10 nitrogen and oxygen atoms in total. The van der Waals surface area contributed by atoms with Crippen LogP contribution in [-0.4, -0.2) is 48.7 Å². The first-order valence-electron chi connectivity index (χ1n) is 12.1. The number of primary amides is 1. The van der Waals surface area contributed by atoms with E-state index in [1.807, 2.05) is 39.0 Å². The fourth-order valence-corrected chi connectivity index (χ4v) is 4.63. The van der Waals surface area contributed by atoms with Crippen molar-refractivity contribution in [1.82, 2.24) is 13.7 Å². The summed E-state index contributed by atoms with van der Waals surface area (Å²) in [4.78, 5) is 16.4. The minimum absolute atomic E-state index is 0.0113. The lowest BCUT2D eigenvalue weighted by Gasteiger charge is -2.19. The van der Waals surface area contributed by atoms with Crippen LogP contribution in [0.2, 0.25) is 0 Å². The maximum Gasteiger partial charge on any atom is 0.384 e. The van der Waals surface area contributed by atoms with Crippen LogP contribution in [0.3, 0.4) is 0 Å². The Morgan fingerprint density at radius 2 is 1.85 bits per heavy atom. The van der Waals surface area contributed by atoms with E-state index in [4.69, 9.17) is 19.6 Å². The molecule has 4 rings (SSSR count). The van der Waals surface area contributed by atoms with Gasteiger partial charge in [-0.25, -0.2) is 9.37 Å². The minimum Gasteiger partial charge on any atom is -0.483 e. The lowest BCUT2D eigenvalue weighted by atomic mass is 10.00. The van der Waals surface area contributed by atoms with Gasteiger partial charge in [0.1, 0.15) is 34.5 Å². The summed E-state index contributed by atoms with van der Waals surface area (Å²) < 4.78 is 52.8. The fourth-order valence-electron chi connectivity index (χ4n) is 4.14. The molecule has 0 saturated carbocycles. The molecule has 0 aliphatic heterocycles. The molecule has 0 saturated heterocycles. The second-order valence-electron chi connectivity index (χ2n) is 9.16. The lowest BCUT2D eigenvalue weighted by molar-refractivity contribution is -0.119. The number of ether oxygens (including phenoxy) is 1. The molecule has 0 atom stereocenters. The van der Waals surface area contributed by atoms with E-state index in [1.54, 1.807) is 16.5 Å². The third kappa shape index (κ3) is 5.81. The number of hydrogen-bond donors (Lipinski definition) is 2. The first-order valence-corrected chi connectivity index (χ1v) is 13.5. The first-order chi connectivity index (χ1) is 18.4. The average molecular weight is 556 g/mol. The highest BCUT2D eigenvalue weighted by atomic mass is 32.2.